The van der Waals surface area contributed by atoms with Gasteiger partial charge in [0, 0.05) is 11.6 Å². The lowest BCUT2D eigenvalue weighted by atomic mass is 10.1. The minimum absolute atomic E-state index is 0.112. The average molecular weight is 341 g/mol. The quantitative estimate of drug-likeness (QED) is 0.733. The Balaban J connectivity index is 1.69. The van der Waals surface area contributed by atoms with Crippen molar-refractivity contribution in [1.82, 2.24) is 0 Å². The highest BCUT2D eigenvalue weighted by Gasteiger charge is 2.10. The van der Waals surface area contributed by atoms with Gasteiger partial charge in [0.05, 0.1) is 25.3 Å². The number of amides is 1. The lowest BCUT2D eigenvalue weighted by Crippen LogP contribution is -2.20. The second-order valence-corrected chi connectivity index (χ2v) is 5.23. The third-order valence-corrected chi connectivity index (χ3v) is 3.49. The van der Waals surface area contributed by atoms with Gasteiger partial charge in [-0.2, -0.15) is 0 Å². The molecule has 0 radical (unpaired) electrons. The molecule has 25 heavy (non-hydrogen) atoms. The molecule has 3 aromatic rings. The van der Waals surface area contributed by atoms with Crippen LogP contribution < -0.4 is 14.8 Å². The topological polar surface area (TPSA) is 60.7 Å². The lowest BCUT2D eigenvalue weighted by molar-refractivity contribution is -0.118. The molecule has 2 aromatic carbocycles. The fourth-order valence-corrected chi connectivity index (χ4v) is 2.27. The lowest BCUT2D eigenvalue weighted by Gasteiger charge is -2.11. The van der Waals surface area contributed by atoms with Gasteiger partial charge in [0.15, 0.2) is 6.61 Å². The van der Waals surface area contributed by atoms with Crippen LogP contribution in [0.5, 0.6) is 11.5 Å². The molecule has 0 aliphatic rings. The summed E-state index contributed by atoms with van der Waals surface area (Å²) in [5.41, 5.74) is 1.80. The van der Waals surface area contributed by atoms with Crippen LogP contribution in [0.15, 0.2) is 65.5 Å². The zero-order valence-electron chi connectivity index (χ0n) is 13.5. The van der Waals surface area contributed by atoms with Gasteiger partial charge in [-0.1, -0.05) is 12.1 Å². The molecule has 6 heteroatoms. The normalized spacial score (nSPS) is 10.3. The average Bonchev–Trinajstić information content (AvgIpc) is 3.16. The van der Waals surface area contributed by atoms with E-state index < -0.39 is 11.7 Å². The van der Waals surface area contributed by atoms with Crippen LogP contribution in [0.3, 0.4) is 0 Å². The van der Waals surface area contributed by atoms with Crippen LogP contribution in [0.25, 0.3) is 11.1 Å². The number of carbonyl (C=O) groups is 1. The third-order valence-electron chi connectivity index (χ3n) is 3.49. The molecule has 0 spiro atoms. The summed E-state index contributed by atoms with van der Waals surface area (Å²) in [6.07, 6.45) is 3.17. The van der Waals surface area contributed by atoms with Crippen LogP contribution in [0.2, 0.25) is 0 Å². The molecule has 1 aromatic heterocycles. The number of para-hydroxylation sites is 1. The second-order valence-electron chi connectivity index (χ2n) is 5.23. The van der Waals surface area contributed by atoms with E-state index in [1.54, 1.807) is 43.9 Å². The Morgan fingerprint density at radius 2 is 1.92 bits per heavy atom. The number of benzene rings is 2. The molecule has 0 bridgehead atoms. The molecule has 0 aliphatic heterocycles. The summed E-state index contributed by atoms with van der Waals surface area (Å²) in [4.78, 5) is 12.0. The first-order valence-electron chi connectivity index (χ1n) is 7.54. The van der Waals surface area contributed by atoms with Gasteiger partial charge in [0.1, 0.15) is 17.3 Å². The van der Waals surface area contributed by atoms with Crippen molar-refractivity contribution in [2.45, 2.75) is 0 Å². The molecule has 0 saturated carbocycles. The minimum Gasteiger partial charge on any atom is -0.497 e. The van der Waals surface area contributed by atoms with Gasteiger partial charge in [-0.25, -0.2) is 4.39 Å². The maximum Gasteiger partial charge on any atom is 0.262 e. The number of anilines is 1. The first-order chi connectivity index (χ1) is 12.2. The van der Waals surface area contributed by atoms with E-state index in [1.165, 1.54) is 12.1 Å². The molecule has 0 saturated heterocycles. The van der Waals surface area contributed by atoms with Crippen molar-refractivity contribution in [3.8, 4) is 22.6 Å². The number of methoxy groups -OCH3 is 1. The van der Waals surface area contributed by atoms with E-state index in [2.05, 4.69) is 5.32 Å². The summed E-state index contributed by atoms with van der Waals surface area (Å²) in [6, 6.07) is 13.0. The summed E-state index contributed by atoms with van der Waals surface area (Å²) >= 11 is 0. The largest absolute Gasteiger partial charge is 0.497 e. The first kappa shape index (κ1) is 16.6. The van der Waals surface area contributed by atoms with Crippen molar-refractivity contribution in [2.75, 3.05) is 19.0 Å². The zero-order chi connectivity index (χ0) is 17.6. The van der Waals surface area contributed by atoms with Crippen LogP contribution in [0.4, 0.5) is 10.1 Å². The molecule has 0 aliphatic carbocycles. The molecule has 3 rings (SSSR count). The van der Waals surface area contributed by atoms with E-state index in [1.807, 2.05) is 12.1 Å². The van der Waals surface area contributed by atoms with Crippen LogP contribution in [0.1, 0.15) is 0 Å². The summed E-state index contributed by atoms with van der Waals surface area (Å²) in [7, 11) is 1.54. The summed E-state index contributed by atoms with van der Waals surface area (Å²) < 4.78 is 29.4. The highest BCUT2D eigenvalue weighted by atomic mass is 19.1. The fourth-order valence-electron chi connectivity index (χ4n) is 2.27. The van der Waals surface area contributed by atoms with Crippen molar-refractivity contribution in [3.05, 3.63) is 66.9 Å². The molecule has 0 atom stereocenters. The van der Waals surface area contributed by atoms with Crippen molar-refractivity contribution in [1.29, 1.82) is 0 Å². The number of ether oxygens (including phenoxy) is 2. The smallest absolute Gasteiger partial charge is 0.262 e. The number of hydrogen-bond donors (Lipinski definition) is 1. The van der Waals surface area contributed by atoms with Gasteiger partial charge in [0.25, 0.3) is 5.91 Å². The second kappa shape index (κ2) is 7.53. The van der Waals surface area contributed by atoms with Gasteiger partial charge < -0.3 is 19.2 Å². The van der Waals surface area contributed by atoms with E-state index in [4.69, 9.17) is 13.9 Å². The standard InChI is InChI=1S/C19H16FNO4/c1-23-15-8-14(13-6-7-24-11-13)9-16(10-15)25-12-19(22)21-18-5-3-2-4-17(18)20/h2-11H,12H2,1H3,(H,21,22). The van der Waals surface area contributed by atoms with Crippen molar-refractivity contribution >= 4 is 11.6 Å². The van der Waals surface area contributed by atoms with E-state index in [9.17, 15) is 9.18 Å². The highest BCUT2D eigenvalue weighted by Crippen LogP contribution is 2.30. The van der Waals surface area contributed by atoms with Crippen LogP contribution in [-0.2, 0) is 4.79 Å². The van der Waals surface area contributed by atoms with E-state index in [0.717, 1.165) is 11.1 Å². The number of carbonyl (C=O) groups excluding carboxylic acids is 1. The summed E-state index contributed by atoms with van der Waals surface area (Å²) in [5, 5.41) is 2.47. The van der Waals surface area contributed by atoms with E-state index >= 15 is 0 Å². The monoisotopic (exact) mass is 341 g/mol. The zero-order valence-corrected chi connectivity index (χ0v) is 13.5. The summed E-state index contributed by atoms with van der Waals surface area (Å²) in [5.74, 6) is 0.0831. The number of rotatable bonds is 6. The van der Waals surface area contributed by atoms with Crippen LogP contribution in [0, 0.1) is 5.82 Å². The molecule has 0 unspecified atom stereocenters. The molecular weight excluding hydrogens is 325 g/mol. The summed E-state index contributed by atoms with van der Waals surface area (Å²) in [6.45, 7) is -0.258. The van der Waals surface area contributed by atoms with Crippen molar-refractivity contribution in [3.63, 3.8) is 0 Å². The van der Waals surface area contributed by atoms with E-state index in [0.29, 0.717) is 11.5 Å². The number of halogens is 1. The Labute approximate surface area is 144 Å². The predicted molar refractivity (Wildman–Crippen MR) is 91.2 cm³/mol. The predicted octanol–water partition coefficient (Wildman–Crippen LogP) is 4.11. The van der Waals surface area contributed by atoms with E-state index in [-0.39, 0.29) is 12.3 Å². The number of furan rings is 1. The molecule has 0 fully saturated rings. The van der Waals surface area contributed by atoms with Crippen LogP contribution in [-0.4, -0.2) is 19.6 Å². The Hall–Kier alpha value is -3.28. The van der Waals surface area contributed by atoms with Crippen LogP contribution >= 0.6 is 0 Å². The Morgan fingerprint density at radius 1 is 1.12 bits per heavy atom. The molecule has 1 heterocycles. The number of hydrogen-bond acceptors (Lipinski definition) is 4. The van der Waals surface area contributed by atoms with Gasteiger partial charge >= 0.3 is 0 Å². The first-order valence-corrected chi connectivity index (χ1v) is 7.54. The van der Waals surface area contributed by atoms with Crippen molar-refractivity contribution in [2.24, 2.45) is 0 Å². The maximum absolute atomic E-state index is 13.5. The highest BCUT2D eigenvalue weighted by molar-refractivity contribution is 5.92. The number of nitrogens with one attached hydrogen (secondary N) is 1. The fraction of sp³-hybridized carbons (Fsp3) is 0.105. The van der Waals surface area contributed by atoms with Gasteiger partial charge in [-0.15, -0.1) is 0 Å². The Morgan fingerprint density at radius 3 is 2.64 bits per heavy atom. The van der Waals surface area contributed by atoms with Crippen molar-refractivity contribution < 1.29 is 23.1 Å². The van der Waals surface area contributed by atoms with Gasteiger partial charge in [0.2, 0.25) is 0 Å². The third kappa shape index (κ3) is 4.17. The maximum atomic E-state index is 13.5. The molecule has 128 valence electrons. The SMILES string of the molecule is COc1cc(OCC(=O)Nc2ccccc2F)cc(-c2ccoc2)c1. The van der Waals surface area contributed by atoms with Gasteiger partial charge in [-0.05, 0) is 35.9 Å². The Bertz CT molecular complexity index is 862. The molecule has 5 nitrogen and oxygen atoms in total. The minimum atomic E-state index is -0.500. The van der Waals surface area contributed by atoms with Gasteiger partial charge in [-0.3, -0.25) is 4.79 Å². The Kier molecular flexibility index (Phi) is 4.99. The molecular formula is C19H16FNO4. The molecule has 1 N–H and O–H groups in total. The molecule has 1 amide bonds.